The molecule has 5 nitrogen and oxygen atoms in total. The first kappa shape index (κ1) is 23.0. The molecule has 3 N–H and O–H groups in total. The summed E-state index contributed by atoms with van der Waals surface area (Å²) in [7, 11) is -1.05. The first-order valence-electron chi connectivity index (χ1n) is 10.7. The molecule has 3 aromatic carbocycles. The van der Waals surface area contributed by atoms with E-state index < -0.39 is 34.5 Å². The number of primary amides is 1. The maximum Gasteiger partial charge on any atom is 0.416 e. The van der Waals surface area contributed by atoms with Gasteiger partial charge in [-0.15, -0.1) is 0 Å². The molecule has 35 heavy (non-hydrogen) atoms. The Hall–Kier alpha value is -3.72. The summed E-state index contributed by atoms with van der Waals surface area (Å²) >= 11 is 0. The van der Waals surface area contributed by atoms with Crippen molar-refractivity contribution in [1.82, 2.24) is 0 Å². The predicted octanol–water partition coefficient (Wildman–Crippen LogP) is 6.09. The fraction of sp³-hybridized carbons (Fsp3) is 0.154. The number of thiol groups is 1. The molecule has 9 heteroatoms. The molecular formula is C26H20F3NO4S. The summed E-state index contributed by atoms with van der Waals surface area (Å²) < 4.78 is 45.1. The number of alkyl halides is 3. The lowest BCUT2D eigenvalue weighted by atomic mass is 10.1. The average Bonchev–Trinajstić information content (AvgIpc) is 3.52. The molecule has 1 amide bonds. The van der Waals surface area contributed by atoms with E-state index in [-0.39, 0.29) is 27.4 Å². The lowest BCUT2D eigenvalue weighted by Gasteiger charge is -2.28. The van der Waals surface area contributed by atoms with E-state index in [1.54, 1.807) is 36.4 Å². The molecule has 0 aromatic heterocycles. The van der Waals surface area contributed by atoms with Crippen LogP contribution < -0.4 is 10.5 Å². The van der Waals surface area contributed by atoms with Crippen molar-refractivity contribution in [3.05, 3.63) is 94.4 Å². The van der Waals surface area contributed by atoms with Crippen molar-refractivity contribution in [2.24, 2.45) is 5.73 Å². The molecule has 0 radical (unpaired) electrons. The highest BCUT2D eigenvalue weighted by Gasteiger charge is 2.51. The molecule has 1 saturated carbocycles. The van der Waals surface area contributed by atoms with Crippen molar-refractivity contribution < 1.29 is 32.6 Å². The minimum absolute atomic E-state index is 0.00123. The van der Waals surface area contributed by atoms with E-state index in [9.17, 15) is 27.9 Å². The van der Waals surface area contributed by atoms with Crippen LogP contribution in [-0.4, -0.2) is 17.0 Å². The molecule has 5 rings (SSSR count). The molecule has 0 saturated heterocycles. The minimum Gasteiger partial charge on any atom is -0.478 e. The van der Waals surface area contributed by atoms with Crippen molar-refractivity contribution in [1.29, 1.82) is 0 Å². The number of fused-ring (bicyclic) bond motifs is 1. The third-order valence-corrected chi connectivity index (χ3v) is 9.34. The second-order valence-electron chi connectivity index (χ2n) is 8.47. The van der Waals surface area contributed by atoms with Crippen LogP contribution in [0.3, 0.4) is 0 Å². The number of hydrogen-bond donors (Lipinski definition) is 3. The number of aromatic carboxylic acids is 1. The van der Waals surface area contributed by atoms with Gasteiger partial charge in [0, 0.05) is 15.2 Å². The van der Waals surface area contributed by atoms with Gasteiger partial charge in [0.05, 0.1) is 16.7 Å². The molecule has 0 bridgehead atoms. The Morgan fingerprint density at radius 2 is 1.69 bits per heavy atom. The second kappa shape index (κ2) is 8.20. The summed E-state index contributed by atoms with van der Waals surface area (Å²) in [5.41, 5.74) is 6.82. The van der Waals surface area contributed by atoms with Crippen LogP contribution in [0.2, 0.25) is 0 Å². The van der Waals surface area contributed by atoms with Crippen LogP contribution in [0.25, 0.3) is 5.57 Å². The van der Waals surface area contributed by atoms with Crippen molar-refractivity contribution >= 4 is 28.3 Å². The number of rotatable bonds is 6. The summed E-state index contributed by atoms with van der Waals surface area (Å²) in [4.78, 5) is 24.5. The van der Waals surface area contributed by atoms with E-state index in [1.165, 1.54) is 12.1 Å². The Morgan fingerprint density at radius 1 is 1.00 bits per heavy atom. The zero-order valence-electron chi connectivity index (χ0n) is 18.2. The van der Waals surface area contributed by atoms with E-state index in [2.05, 4.69) is 0 Å². The highest BCUT2D eigenvalue weighted by atomic mass is 32.2. The third-order valence-electron chi connectivity index (χ3n) is 6.30. The maximum absolute atomic E-state index is 13.2. The monoisotopic (exact) mass is 499 g/mol. The van der Waals surface area contributed by atoms with Crippen molar-refractivity contribution in [3.8, 4) is 11.5 Å². The van der Waals surface area contributed by atoms with Gasteiger partial charge in [-0.2, -0.15) is 24.1 Å². The largest absolute Gasteiger partial charge is 0.478 e. The van der Waals surface area contributed by atoms with Gasteiger partial charge in [-0.1, -0.05) is 24.3 Å². The summed E-state index contributed by atoms with van der Waals surface area (Å²) in [5.74, 6) is -1.40. The number of carboxylic acids is 1. The van der Waals surface area contributed by atoms with Crippen molar-refractivity contribution in [3.63, 3.8) is 0 Å². The van der Waals surface area contributed by atoms with E-state index in [0.29, 0.717) is 5.56 Å². The fourth-order valence-electron chi connectivity index (χ4n) is 4.45. The Morgan fingerprint density at radius 3 is 2.29 bits per heavy atom. The van der Waals surface area contributed by atoms with E-state index in [4.69, 9.17) is 10.5 Å². The quantitative estimate of drug-likeness (QED) is 0.358. The van der Waals surface area contributed by atoms with Gasteiger partial charge < -0.3 is 15.6 Å². The molecule has 1 fully saturated rings. The van der Waals surface area contributed by atoms with Crippen molar-refractivity contribution in [2.45, 2.75) is 28.7 Å². The van der Waals surface area contributed by atoms with Gasteiger partial charge in [0.25, 0.3) is 0 Å². The number of carbonyl (C=O) groups is 2. The van der Waals surface area contributed by atoms with Crippen LogP contribution >= 0.6 is 10.9 Å². The number of nitrogens with two attached hydrogens (primary N) is 1. The lowest BCUT2D eigenvalue weighted by molar-refractivity contribution is -0.137. The zero-order chi connectivity index (χ0) is 25.0. The molecule has 1 aliphatic heterocycles. The molecular weight excluding hydrogens is 479 g/mol. The van der Waals surface area contributed by atoms with Gasteiger partial charge in [0.1, 0.15) is 11.5 Å². The predicted molar refractivity (Wildman–Crippen MR) is 127 cm³/mol. The Balaban J connectivity index is 1.55. The molecule has 1 aliphatic carbocycles. The Bertz CT molecular complexity index is 1380. The molecule has 0 spiro atoms. The normalized spacial score (nSPS) is 18.9. The maximum atomic E-state index is 13.2. The van der Waals surface area contributed by atoms with Crippen LogP contribution in [0.15, 0.2) is 77.0 Å². The number of amides is 1. The van der Waals surface area contributed by atoms with Crippen LogP contribution in [-0.2, 0) is 15.7 Å². The van der Waals surface area contributed by atoms with Crippen molar-refractivity contribution in [2.75, 3.05) is 0 Å². The number of halogens is 3. The Labute approximate surface area is 201 Å². The molecule has 3 aromatic rings. The summed E-state index contributed by atoms with van der Waals surface area (Å²) in [6, 6.07) is 16.5. The highest BCUT2D eigenvalue weighted by molar-refractivity contribution is 8.21. The number of hydrogen-bond acceptors (Lipinski definition) is 3. The van der Waals surface area contributed by atoms with Crippen LogP contribution in [0, 0.1) is 0 Å². The summed E-state index contributed by atoms with van der Waals surface area (Å²) in [5, 5.41) is 11.1. The van der Waals surface area contributed by atoms with Crippen LogP contribution in [0.5, 0.6) is 11.5 Å². The Kier molecular flexibility index (Phi) is 5.40. The van der Waals surface area contributed by atoms with Gasteiger partial charge in [0.15, 0.2) is 0 Å². The summed E-state index contributed by atoms with van der Waals surface area (Å²) in [6.07, 6.45) is -2.81. The lowest BCUT2D eigenvalue weighted by Crippen LogP contribution is -2.12. The third kappa shape index (κ3) is 4.05. The van der Waals surface area contributed by atoms with Crippen LogP contribution in [0.4, 0.5) is 13.2 Å². The fourth-order valence-corrected chi connectivity index (χ4v) is 7.55. The second-order valence-corrected chi connectivity index (χ2v) is 10.8. The smallest absolute Gasteiger partial charge is 0.416 e. The first-order valence-corrected chi connectivity index (χ1v) is 12.1. The van der Waals surface area contributed by atoms with E-state index in [1.807, 2.05) is 11.5 Å². The van der Waals surface area contributed by atoms with Gasteiger partial charge in [-0.25, -0.2) is 4.79 Å². The zero-order valence-corrected chi connectivity index (χ0v) is 19.1. The summed E-state index contributed by atoms with van der Waals surface area (Å²) in [6.45, 7) is 0. The minimum atomic E-state index is -4.51. The molecule has 1 unspecified atom stereocenters. The van der Waals surface area contributed by atoms with Gasteiger partial charge >= 0.3 is 12.1 Å². The number of carbonyl (C=O) groups excluding carboxylic acids is 1. The number of benzene rings is 3. The SMILES string of the molecule is NC(=O)C1=C[SH](C2(c3ccc(C(=O)O)cc3)CC2)c2cccc(Oc3cccc(C(F)(F)F)c3)c21. The first-order chi connectivity index (χ1) is 16.6. The number of ether oxygens (including phenoxy) is 1. The molecule has 1 heterocycles. The standard InChI is InChI=1S/C26H20F3NO4S/c27-26(28,29)17-3-1-4-18(13-17)34-20-5-2-6-21-22(20)19(23(30)31)14-35(21)25(11-12-25)16-9-7-15(8-10-16)24(32)33/h1-10,13-14,35H,11-12H2,(H2,30,31)(H,32,33). The van der Waals surface area contributed by atoms with Gasteiger partial charge in [-0.3, -0.25) is 4.79 Å². The number of carboxylic acid groups (broad SMARTS) is 1. The van der Waals surface area contributed by atoms with Gasteiger partial charge in [-0.05, 0) is 66.3 Å². The van der Waals surface area contributed by atoms with E-state index in [0.717, 1.165) is 35.4 Å². The molecule has 2 aliphatic rings. The molecule has 180 valence electrons. The topological polar surface area (TPSA) is 89.6 Å². The van der Waals surface area contributed by atoms with Crippen LogP contribution in [0.1, 0.15) is 39.9 Å². The molecule has 1 atom stereocenters. The average molecular weight is 500 g/mol. The highest BCUT2D eigenvalue weighted by Crippen LogP contribution is 2.72. The van der Waals surface area contributed by atoms with Gasteiger partial charge in [0.2, 0.25) is 5.91 Å². The van der Waals surface area contributed by atoms with E-state index >= 15 is 0 Å².